The van der Waals surface area contributed by atoms with Crippen molar-refractivity contribution in [3.05, 3.63) is 16.3 Å². The highest BCUT2D eigenvalue weighted by Crippen LogP contribution is 2.29. The molecule has 0 amide bonds. The van der Waals surface area contributed by atoms with Crippen LogP contribution >= 0.6 is 11.3 Å². The minimum atomic E-state index is 0.409. The molecule has 0 fully saturated rings. The Hall–Kier alpha value is -0.980. The van der Waals surface area contributed by atoms with Crippen LogP contribution in [-0.4, -0.2) is 13.7 Å². The first-order chi connectivity index (χ1) is 7.81. The lowest BCUT2D eigenvalue weighted by Gasteiger charge is -2.15. The van der Waals surface area contributed by atoms with Gasteiger partial charge in [-0.25, -0.2) is 0 Å². The summed E-state index contributed by atoms with van der Waals surface area (Å²) in [5, 5.41) is 5.52. The number of hydrogen-bond donors (Lipinski definition) is 1. The van der Waals surface area contributed by atoms with Gasteiger partial charge in [0.05, 0.1) is 7.11 Å². The van der Waals surface area contributed by atoms with Gasteiger partial charge in [-0.1, -0.05) is 6.92 Å². The molecule has 0 saturated heterocycles. The van der Waals surface area contributed by atoms with Crippen molar-refractivity contribution in [1.82, 2.24) is 5.32 Å². The third-order valence-corrected chi connectivity index (χ3v) is 3.46. The Morgan fingerprint density at radius 3 is 3.00 bits per heavy atom. The van der Waals surface area contributed by atoms with Gasteiger partial charge in [0.2, 0.25) is 0 Å². The van der Waals surface area contributed by atoms with E-state index in [1.165, 1.54) is 4.88 Å². The predicted octanol–water partition coefficient (Wildman–Crippen LogP) is 3.21. The van der Waals surface area contributed by atoms with Crippen LogP contribution in [0.5, 0.6) is 5.75 Å². The fourth-order valence-electron chi connectivity index (χ4n) is 1.62. The third-order valence-electron chi connectivity index (χ3n) is 2.44. The number of hydrogen-bond acceptors (Lipinski definition) is 3. The first-order valence-corrected chi connectivity index (χ1v) is 6.49. The lowest BCUT2D eigenvalue weighted by atomic mass is 10.1. The summed E-state index contributed by atoms with van der Waals surface area (Å²) < 4.78 is 5.20. The van der Waals surface area contributed by atoms with Gasteiger partial charge < -0.3 is 10.1 Å². The Labute approximate surface area is 102 Å². The SMILES string of the molecule is C#CCCCC(NCC)c1cc(OC)cs1. The van der Waals surface area contributed by atoms with Gasteiger partial charge in [-0.05, 0) is 25.5 Å². The zero-order valence-electron chi connectivity index (χ0n) is 9.95. The van der Waals surface area contributed by atoms with E-state index in [0.29, 0.717) is 6.04 Å². The first kappa shape index (κ1) is 13.1. The van der Waals surface area contributed by atoms with Crippen LogP contribution in [0.2, 0.25) is 0 Å². The third kappa shape index (κ3) is 3.88. The second-order valence-electron chi connectivity index (χ2n) is 3.60. The minimum absolute atomic E-state index is 0.409. The maximum absolute atomic E-state index is 5.27. The molecule has 0 aliphatic carbocycles. The molecule has 0 aromatic carbocycles. The summed E-state index contributed by atoms with van der Waals surface area (Å²) in [5.41, 5.74) is 0. The van der Waals surface area contributed by atoms with Gasteiger partial charge in [0.15, 0.2) is 0 Å². The minimum Gasteiger partial charge on any atom is -0.496 e. The van der Waals surface area contributed by atoms with Crippen molar-refractivity contribution in [3.8, 4) is 18.1 Å². The van der Waals surface area contributed by atoms with E-state index in [1.54, 1.807) is 18.4 Å². The molecule has 1 N–H and O–H groups in total. The van der Waals surface area contributed by atoms with E-state index in [1.807, 2.05) is 5.38 Å². The topological polar surface area (TPSA) is 21.3 Å². The summed E-state index contributed by atoms with van der Waals surface area (Å²) in [7, 11) is 1.70. The molecule has 0 aliphatic heterocycles. The number of thiophene rings is 1. The second-order valence-corrected chi connectivity index (χ2v) is 4.54. The molecule has 1 aromatic rings. The van der Waals surface area contributed by atoms with E-state index >= 15 is 0 Å². The Morgan fingerprint density at radius 2 is 2.44 bits per heavy atom. The van der Waals surface area contributed by atoms with Crippen LogP contribution in [0.1, 0.15) is 37.1 Å². The molecule has 0 aliphatic rings. The summed E-state index contributed by atoms with van der Waals surface area (Å²) >= 11 is 1.74. The fraction of sp³-hybridized carbons (Fsp3) is 0.538. The van der Waals surface area contributed by atoms with Gasteiger partial charge in [0.25, 0.3) is 0 Å². The molecule has 1 unspecified atom stereocenters. The van der Waals surface area contributed by atoms with Crippen molar-refractivity contribution in [2.75, 3.05) is 13.7 Å². The van der Waals surface area contributed by atoms with Crippen molar-refractivity contribution in [2.45, 2.75) is 32.2 Å². The van der Waals surface area contributed by atoms with E-state index in [0.717, 1.165) is 31.6 Å². The molecule has 0 saturated carbocycles. The Morgan fingerprint density at radius 1 is 1.62 bits per heavy atom. The number of ether oxygens (including phenoxy) is 1. The van der Waals surface area contributed by atoms with Crippen LogP contribution in [-0.2, 0) is 0 Å². The summed E-state index contributed by atoms with van der Waals surface area (Å²) in [4.78, 5) is 1.33. The predicted molar refractivity (Wildman–Crippen MR) is 70.0 cm³/mol. The molecule has 2 nitrogen and oxygen atoms in total. The first-order valence-electron chi connectivity index (χ1n) is 5.61. The number of rotatable bonds is 7. The average molecular weight is 237 g/mol. The highest BCUT2D eigenvalue weighted by molar-refractivity contribution is 7.10. The Balaban J connectivity index is 2.58. The van der Waals surface area contributed by atoms with Gasteiger partial charge in [-0.3, -0.25) is 0 Å². The second kappa shape index (κ2) is 7.32. The van der Waals surface area contributed by atoms with Crippen LogP contribution in [0.25, 0.3) is 0 Å². The zero-order valence-corrected chi connectivity index (χ0v) is 10.8. The van der Waals surface area contributed by atoms with E-state index in [-0.39, 0.29) is 0 Å². The van der Waals surface area contributed by atoms with Crippen molar-refractivity contribution in [1.29, 1.82) is 0 Å². The molecule has 1 heterocycles. The number of methoxy groups -OCH3 is 1. The molecule has 1 rings (SSSR count). The number of nitrogens with one attached hydrogen (secondary N) is 1. The summed E-state index contributed by atoms with van der Waals surface area (Å²) in [6, 6.07) is 2.51. The van der Waals surface area contributed by atoms with E-state index < -0.39 is 0 Å². The fourth-order valence-corrected chi connectivity index (χ4v) is 2.59. The largest absolute Gasteiger partial charge is 0.496 e. The molecule has 0 bridgehead atoms. The smallest absolute Gasteiger partial charge is 0.129 e. The summed E-state index contributed by atoms with van der Waals surface area (Å²) in [5.74, 6) is 3.63. The van der Waals surface area contributed by atoms with Gasteiger partial charge in [0.1, 0.15) is 5.75 Å². The van der Waals surface area contributed by atoms with Crippen molar-refractivity contribution in [2.24, 2.45) is 0 Å². The van der Waals surface area contributed by atoms with Crippen molar-refractivity contribution >= 4 is 11.3 Å². The maximum atomic E-state index is 5.27. The van der Waals surface area contributed by atoms with E-state index in [4.69, 9.17) is 11.2 Å². The van der Waals surface area contributed by atoms with Gasteiger partial charge in [-0.2, -0.15) is 0 Å². The average Bonchev–Trinajstić information content (AvgIpc) is 2.76. The molecule has 0 radical (unpaired) electrons. The summed E-state index contributed by atoms with van der Waals surface area (Å²) in [6.45, 7) is 3.10. The van der Waals surface area contributed by atoms with Gasteiger partial charge >= 0.3 is 0 Å². The lowest BCUT2D eigenvalue weighted by molar-refractivity contribution is 0.415. The normalized spacial score (nSPS) is 12.1. The van der Waals surface area contributed by atoms with E-state index in [9.17, 15) is 0 Å². The van der Waals surface area contributed by atoms with Crippen LogP contribution in [0.3, 0.4) is 0 Å². The summed E-state index contributed by atoms with van der Waals surface area (Å²) in [6.07, 6.45) is 8.27. The molecule has 0 spiro atoms. The molecule has 88 valence electrons. The molecule has 3 heteroatoms. The molecular weight excluding hydrogens is 218 g/mol. The number of unbranched alkanes of at least 4 members (excludes halogenated alkanes) is 1. The van der Waals surface area contributed by atoms with Crippen LogP contribution in [0, 0.1) is 12.3 Å². The highest BCUT2D eigenvalue weighted by Gasteiger charge is 2.12. The van der Waals surface area contributed by atoms with E-state index in [2.05, 4.69) is 24.2 Å². The highest BCUT2D eigenvalue weighted by atomic mass is 32.1. The lowest BCUT2D eigenvalue weighted by Crippen LogP contribution is -2.19. The van der Waals surface area contributed by atoms with Gasteiger partial charge in [-0.15, -0.1) is 23.7 Å². The van der Waals surface area contributed by atoms with Crippen LogP contribution < -0.4 is 10.1 Å². The molecule has 1 atom stereocenters. The zero-order chi connectivity index (χ0) is 11.8. The Kier molecular flexibility index (Phi) is 5.99. The molecule has 16 heavy (non-hydrogen) atoms. The standard InChI is InChI=1S/C13H19NOS/c1-4-6-7-8-12(14-5-2)13-9-11(15-3)10-16-13/h1,9-10,12,14H,5-8H2,2-3H3. The monoisotopic (exact) mass is 237 g/mol. The van der Waals surface area contributed by atoms with Gasteiger partial charge in [0, 0.05) is 22.7 Å². The molecule has 1 aromatic heterocycles. The Bertz CT molecular complexity index is 340. The van der Waals surface area contributed by atoms with Crippen LogP contribution in [0.4, 0.5) is 0 Å². The maximum Gasteiger partial charge on any atom is 0.129 e. The number of terminal acetylenes is 1. The van der Waals surface area contributed by atoms with Crippen molar-refractivity contribution in [3.63, 3.8) is 0 Å². The van der Waals surface area contributed by atoms with Crippen molar-refractivity contribution < 1.29 is 4.74 Å². The molecular formula is C13H19NOS. The van der Waals surface area contributed by atoms with Crippen LogP contribution in [0.15, 0.2) is 11.4 Å². The quantitative estimate of drug-likeness (QED) is 0.581.